The van der Waals surface area contributed by atoms with E-state index in [1.54, 1.807) is 7.05 Å². The molecule has 0 heterocycles. The monoisotopic (exact) mass is 237 g/mol. The van der Waals surface area contributed by atoms with Crippen molar-refractivity contribution in [3.05, 3.63) is 28.8 Å². The van der Waals surface area contributed by atoms with Crippen LogP contribution in [0, 0.1) is 13.8 Å². The van der Waals surface area contributed by atoms with Gasteiger partial charge in [-0.2, -0.15) is 0 Å². The van der Waals surface area contributed by atoms with Gasteiger partial charge in [-0.15, -0.1) is 0 Å². The van der Waals surface area contributed by atoms with Crippen molar-refractivity contribution in [2.45, 2.75) is 26.9 Å². The van der Waals surface area contributed by atoms with Crippen molar-refractivity contribution in [1.29, 1.82) is 0 Å². The van der Waals surface area contributed by atoms with Gasteiger partial charge in [-0.3, -0.25) is 4.79 Å². The van der Waals surface area contributed by atoms with Crippen LogP contribution in [0.4, 0.5) is 0 Å². The second kappa shape index (κ2) is 6.25. The maximum atomic E-state index is 11.0. The van der Waals surface area contributed by atoms with E-state index in [1.165, 1.54) is 0 Å². The van der Waals surface area contributed by atoms with Crippen molar-refractivity contribution in [3.8, 4) is 5.75 Å². The molecule has 0 spiro atoms. The van der Waals surface area contributed by atoms with E-state index in [4.69, 9.17) is 9.84 Å². The van der Waals surface area contributed by atoms with Crippen LogP contribution in [0.15, 0.2) is 12.1 Å². The number of benzene rings is 1. The van der Waals surface area contributed by atoms with Crippen molar-refractivity contribution in [1.82, 2.24) is 5.32 Å². The molecular weight excluding hydrogens is 218 g/mol. The van der Waals surface area contributed by atoms with Gasteiger partial charge < -0.3 is 15.2 Å². The van der Waals surface area contributed by atoms with Crippen LogP contribution in [0.25, 0.3) is 0 Å². The predicted molar refractivity (Wildman–Crippen MR) is 66.0 cm³/mol. The third-order valence-electron chi connectivity index (χ3n) is 2.56. The first-order valence-electron chi connectivity index (χ1n) is 5.62. The molecule has 0 aliphatic rings. The smallest absolute Gasteiger partial charge is 0.223 e. The Kier molecular flexibility index (Phi) is 4.97. The number of aliphatic hydroxyl groups is 1. The summed E-state index contributed by atoms with van der Waals surface area (Å²) in [7, 11) is 1.61. The molecule has 0 saturated carbocycles. The summed E-state index contributed by atoms with van der Waals surface area (Å²) >= 11 is 0. The molecule has 0 aliphatic heterocycles. The number of hydrogen-bond acceptors (Lipinski definition) is 3. The molecule has 0 unspecified atom stereocenters. The highest BCUT2D eigenvalue weighted by Crippen LogP contribution is 2.24. The summed E-state index contributed by atoms with van der Waals surface area (Å²) in [6.07, 6.45) is 0.344. The molecule has 0 aromatic heterocycles. The first kappa shape index (κ1) is 13.5. The normalized spacial score (nSPS) is 10.1. The van der Waals surface area contributed by atoms with Crippen LogP contribution in [0.3, 0.4) is 0 Å². The molecule has 4 nitrogen and oxygen atoms in total. The van der Waals surface area contributed by atoms with E-state index >= 15 is 0 Å². The van der Waals surface area contributed by atoms with Crippen molar-refractivity contribution in [2.24, 2.45) is 0 Å². The molecule has 94 valence electrons. The number of nitrogens with one attached hydrogen (secondary N) is 1. The van der Waals surface area contributed by atoms with Gasteiger partial charge in [0.1, 0.15) is 5.75 Å². The Morgan fingerprint density at radius 1 is 1.35 bits per heavy atom. The first-order chi connectivity index (χ1) is 8.08. The van der Waals surface area contributed by atoms with Gasteiger partial charge in [0.15, 0.2) is 0 Å². The maximum absolute atomic E-state index is 11.0. The Morgan fingerprint density at radius 2 is 1.94 bits per heavy atom. The minimum absolute atomic E-state index is 0.0280. The molecule has 0 fully saturated rings. The molecular formula is C13H19NO3. The van der Waals surface area contributed by atoms with Crippen LogP contribution in [0.1, 0.15) is 23.1 Å². The highest BCUT2D eigenvalue weighted by atomic mass is 16.5. The molecule has 2 N–H and O–H groups in total. The standard InChI is InChI=1S/C13H19NO3/c1-9-6-11(8-15)7-10(2)13(9)17-5-4-12(16)14-3/h6-7,15H,4-5,8H2,1-3H3,(H,14,16). The largest absolute Gasteiger partial charge is 0.493 e. The Morgan fingerprint density at radius 3 is 2.41 bits per heavy atom. The maximum Gasteiger partial charge on any atom is 0.223 e. The summed E-state index contributed by atoms with van der Waals surface area (Å²) in [6.45, 7) is 4.25. The Bertz CT molecular complexity index is 379. The quantitative estimate of drug-likeness (QED) is 0.811. The lowest BCUT2D eigenvalue weighted by Crippen LogP contribution is -2.20. The van der Waals surface area contributed by atoms with Crippen LogP contribution in [-0.4, -0.2) is 24.7 Å². The molecule has 0 bridgehead atoms. The molecule has 1 aromatic rings. The second-order valence-electron chi connectivity index (χ2n) is 3.99. The number of aliphatic hydroxyl groups excluding tert-OH is 1. The number of hydrogen-bond donors (Lipinski definition) is 2. The Labute approximate surface area is 102 Å². The van der Waals surface area contributed by atoms with Gasteiger partial charge in [0.05, 0.1) is 19.6 Å². The topological polar surface area (TPSA) is 58.6 Å². The van der Waals surface area contributed by atoms with Crippen LogP contribution < -0.4 is 10.1 Å². The molecule has 0 radical (unpaired) electrons. The van der Waals surface area contributed by atoms with Gasteiger partial charge >= 0.3 is 0 Å². The van der Waals surface area contributed by atoms with Crippen LogP contribution in [0.2, 0.25) is 0 Å². The van der Waals surface area contributed by atoms with Crippen molar-refractivity contribution < 1.29 is 14.6 Å². The number of rotatable bonds is 5. The highest BCUT2D eigenvalue weighted by molar-refractivity contribution is 5.75. The zero-order valence-electron chi connectivity index (χ0n) is 10.5. The zero-order chi connectivity index (χ0) is 12.8. The van der Waals surface area contributed by atoms with E-state index in [1.807, 2.05) is 26.0 Å². The number of aryl methyl sites for hydroxylation is 2. The number of carbonyl (C=O) groups excluding carboxylic acids is 1. The fraction of sp³-hybridized carbons (Fsp3) is 0.462. The van der Waals surface area contributed by atoms with E-state index in [-0.39, 0.29) is 12.5 Å². The molecule has 1 aromatic carbocycles. The van der Waals surface area contributed by atoms with Gasteiger partial charge in [-0.25, -0.2) is 0 Å². The number of amides is 1. The van der Waals surface area contributed by atoms with E-state index in [0.717, 1.165) is 22.4 Å². The molecule has 1 rings (SSSR count). The molecule has 0 aliphatic carbocycles. The van der Waals surface area contributed by atoms with Gasteiger partial charge in [-0.1, -0.05) is 12.1 Å². The van der Waals surface area contributed by atoms with Crippen molar-refractivity contribution in [2.75, 3.05) is 13.7 Å². The third-order valence-corrected chi connectivity index (χ3v) is 2.56. The average Bonchev–Trinajstić information content (AvgIpc) is 2.31. The first-order valence-corrected chi connectivity index (χ1v) is 5.62. The fourth-order valence-corrected chi connectivity index (χ4v) is 1.73. The zero-order valence-corrected chi connectivity index (χ0v) is 10.5. The summed E-state index contributed by atoms with van der Waals surface area (Å²) in [4.78, 5) is 11.0. The summed E-state index contributed by atoms with van der Waals surface area (Å²) in [6, 6.07) is 3.78. The molecule has 1 amide bonds. The Balaban J connectivity index is 2.68. The lowest BCUT2D eigenvalue weighted by Gasteiger charge is -2.13. The van der Waals surface area contributed by atoms with E-state index < -0.39 is 0 Å². The average molecular weight is 237 g/mol. The van der Waals surface area contributed by atoms with Gasteiger partial charge in [0.25, 0.3) is 0 Å². The van der Waals surface area contributed by atoms with Crippen LogP contribution in [0.5, 0.6) is 5.75 Å². The molecule has 4 heteroatoms. The SMILES string of the molecule is CNC(=O)CCOc1c(C)cc(CO)cc1C. The van der Waals surface area contributed by atoms with Crippen molar-refractivity contribution >= 4 is 5.91 Å². The van der Waals surface area contributed by atoms with E-state index in [2.05, 4.69) is 5.32 Å². The fourth-order valence-electron chi connectivity index (χ4n) is 1.73. The van der Waals surface area contributed by atoms with Crippen LogP contribution in [-0.2, 0) is 11.4 Å². The summed E-state index contributed by atoms with van der Waals surface area (Å²) in [5.41, 5.74) is 2.83. The summed E-state index contributed by atoms with van der Waals surface area (Å²) in [5, 5.41) is 11.6. The number of carbonyl (C=O) groups is 1. The minimum Gasteiger partial charge on any atom is -0.493 e. The lowest BCUT2D eigenvalue weighted by atomic mass is 10.1. The molecule has 0 atom stereocenters. The third kappa shape index (κ3) is 3.75. The second-order valence-corrected chi connectivity index (χ2v) is 3.99. The Hall–Kier alpha value is -1.55. The number of ether oxygens (including phenoxy) is 1. The predicted octanol–water partition coefficient (Wildman–Crippen LogP) is 1.31. The lowest BCUT2D eigenvalue weighted by molar-refractivity contribution is -0.121. The van der Waals surface area contributed by atoms with Crippen molar-refractivity contribution in [3.63, 3.8) is 0 Å². The minimum atomic E-state index is -0.0349. The van der Waals surface area contributed by atoms with Gasteiger partial charge in [0.2, 0.25) is 5.91 Å². The summed E-state index contributed by atoms with van der Waals surface area (Å²) < 4.78 is 5.60. The van der Waals surface area contributed by atoms with Crippen LogP contribution >= 0.6 is 0 Å². The van der Waals surface area contributed by atoms with E-state index in [9.17, 15) is 4.79 Å². The van der Waals surface area contributed by atoms with E-state index in [0.29, 0.717) is 13.0 Å². The molecule has 0 saturated heterocycles. The summed E-state index contributed by atoms with van der Waals surface area (Å²) in [5.74, 6) is 0.762. The highest BCUT2D eigenvalue weighted by Gasteiger charge is 2.07. The van der Waals surface area contributed by atoms with Gasteiger partial charge in [-0.05, 0) is 30.5 Å². The van der Waals surface area contributed by atoms with Gasteiger partial charge in [0, 0.05) is 7.05 Å². The molecule has 17 heavy (non-hydrogen) atoms.